The molecule has 0 N–H and O–H groups in total. The summed E-state index contributed by atoms with van der Waals surface area (Å²) in [5.41, 5.74) is 3.12. The van der Waals surface area contributed by atoms with Gasteiger partial charge in [0, 0.05) is 57.2 Å². The molecule has 0 aliphatic carbocycles. The highest BCUT2D eigenvalue weighted by Gasteiger charge is 2.30. The smallest absolute Gasteiger partial charge is 0.230 e. The van der Waals surface area contributed by atoms with Crippen LogP contribution in [0.15, 0.2) is 36.5 Å². The molecule has 1 fully saturated rings. The number of rotatable bonds is 3. The average Bonchev–Trinajstić information content (AvgIpc) is 3.23. The Morgan fingerprint density at radius 3 is 2.64 bits per heavy atom. The monoisotopic (exact) mass is 378 g/mol. The van der Waals surface area contributed by atoms with E-state index >= 15 is 0 Å². The van der Waals surface area contributed by atoms with Gasteiger partial charge < -0.3 is 9.80 Å². The predicted octanol–water partition coefficient (Wildman–Crippen LogP) is 2.50. The molecule has 0 spiro atoms. The van der Waals surface area contributed by atoms with E-state index < -0.39 is 0 Å². The molecule has 2 aliphatic rings. The molecular formula is C22H26N4O2. The lowest BCUT2D eigenvalue weighted by Crippen LogP contribution is -2.39. The number of amides is 2. The molecule has 0 radical (unpaired) electrons. The Morgan fingerprint density at radius 2 is 1.93 bits per heavy atom. The number of hydrogen-bond acceptors (Lipinski definition) is 4. The molecule has 146 valence electrons. The molecule has 0 bridgehead atoms. The second-order valence-corrected chi connectivity index (χ2v) is 7.79. The normalized spacial score (nSPS) is 20.0. The largest absolute Gasteiger partial charge is 0.342 e. The Balaban J connectivity index is 1.45. The van der Waals surface area contributed by atoms with Crippen LogP contribution in [0.5, 0.6) is 0 Å². The van der Waals surface area contributed by atoms with E-state index in [2.05, 4.69) is 4.98 Å². The first-order valence-electron chi connectivity index (χ1n) is 9.97. The van der Waals surface area contributed by atoms with Crippen LogP contribution >= 0.6 is 0 Å². The molecule has 1 saturated heterocycles. The molecular weight excluding hydrogens is 352 g/mol. The zero-order valence-corrected chi connectivity index (χ0v) is 16.5. The van der Waals surface area contributed by atoms with Crippen LogP contribution in [0.1, 0.15) is 54.7 Å². The maximum absolute atomic E-state index is 12.9. The van der Waals surface area contributed by atoms with Crippen LogP contribution in [0.4, 0.5) is 0 Å². The molecule has 0 saturated carbocycles. The first-order chi connectivity index (χ1) is 13.5. The van der Waals surface area contributed by atoms with Crippen LogP contribution in [0.25, 0.3) is 0 Å². The Bertz CT molecular complexity index is 883. The molecule has 2 aliphatic heterocycles. The summed E-state index contributed by atoms with van der Waals surface area (Å²) in [5.74, 6) is 1.15. The molecule has 3 heterocycles. The number of fused-ring (bicyclic) bond motifs is 1. The molecule has 1 aromatic heterocycles. The lowest BCUT2D eigenvalue weighted by atomic mass is 9.98. The first kappa shape index (κ1) is 18.6. The number of hydrogen-bond donors (Lipinski definition) is 0. The van der Waals surface area contributed by atoms with Crippen molar-refractivity contribution < 1.29 is 9.59 Å². The van der Waals surface area contributed by atoms with E-state index in [-0.39, 0.29) is 23.7 Å². The minimum atomic E-state index is -0.154. The van der Waals surface area contributed by atoms with E-state index in [9.17, 15) is 9.59 Å². The van der Waals surface area contributed by atoms with Gasteiger partial charge in [-0.1, -0.05) is 30.3 Å². The Kier molecular flexibility index (Phi) is 5.11. The standard InChI is InChI=1S/C22H26N4O2/c1-15(17-6-4-3-5-7-17)22(28)26-11-9-20-19(14-26)12-23-21(24-20)18-8-10-25(13-18)16(2)27/h3-7,12,15,18H,8-11,13-14H2,1-2H3/t15-,18-/m1/s1. The van der Waals surface area contributed by atoms with Crippen LogP contribution < -0.4 is 0 Å². The van der Waals surface area contributed by atoms with Gasteiger partial charge in [0.1, 0.15) is 5.82 Å². The van der Waals surface area contributed by atoms with Crippen molar-refractivity contribution in [1.82, 2.24) is 19.8 Å². The van der Waals surface area contributed by atoms with E-state index in [1.54, 1.807) is 6.92 Å². The minimum absolute atomic E-state index is 0.113. The maximum atomic E-state index is 12.9. The fraction of sp³-hybridized carbons (Fsp3) is 0.455. The van der Waals surface area contributed by atoms with Gasteiger partial charge in [0.05, 0.1) is 11.6 Å². The van der Waals surface area contributed by atoms with E-state index in [1.165, 1.54) is 0 Å². The third kappa shape index (κ3) is 3.63. The lowest BCUT2D eigenvalue weighted by Gasteiger charge is -2.30. The van der Waals surface area contributed by atoms with Crippen LogP contribution in [0.2, 0.25) is 0 Å². The number of carbonyl (C=O) groups excluding carboxylic acids is 2. The third-order valence-electron chi connectivity index (χ3n) is 5.93. The second-order valence-electron chi connectivity index (χ2n) is 7.79. The van der Waals surface area contributed by atoms with E-state index in [4.69, 9.17) is 4.98 Å². The van der Waals surface area contributed by atoms with Gasteiger partial charge in [0.15, 0.2) is 0 Å². The van der Waals surface area contributed by atoms with Gasteiger partial charge in [-0.2, -0.15) is 0 Å². The molecule has 4 rings (SSSR count). The summed E-state index contributed by atoms with van der Waals surface area (Å²) in [6.45, 7) is 6.30. The zero-order valence-electron chi connectivity index (χ0n) is 16.5. The summed E-state index contributed by atoms with van der Waals surface area (Å²) >= 11 is 0. The van der Waals surface area contributed by atoms with Gasteiger partial charge in [0.2, 0.25) is 11.8 Å². The van der Waals surface area contributed by atoms with Crippen molar-refractivity contribution in [3.63, 3.8) is 0 Å². The van der Waals surface area contributed by atoms with Crippen LogP contribution in [0.3, 0.4) is 0 Å². The maximum Gasteiger partial charge on any atom is 0.230 e. The van der Waals surface area contributed by atoms with Crippen molar-refractivity contribution in [3.8, 4) is 0 Å². The summed E-state index contributed by atoms with van der Waals surface area (Å²) in [4.78, 5) is 37.6. The fourth-order valence-electron chi connectivity index (χ4n) is 4.13. The summed E-state index contributed by atoms with van der Waals surface area (Å²) in [5, 5.41) is 0. The number of nitrogens with zero attached hydrogens (tertiary/aromatic N) is 4. The molecule has 28 heavy (non-hydrogen) atoms. The van der Waals surface area contributed by atoms with Crippen molar-refractivity contribution in [2.45, 2.75) is 45.1 Å². The van der Waals surface area contributed by atoms with E-state index in [0.29, 0.717) is 19.6 Å². The van der Waals surface area contributed by atoms with Crippen molar-refractivity contribution in [3.05, 3.63) is 59.2 Å². The van der Waals surface area contributed by atoms with Crippen molar-refractivity contribution in [1.29, 1.82) is 0 Å². The van der Waals surface area contributed by atoms with Crippen LogP contribution in [0, 0.1) is 0 Å². The van der Waals surface area contributed by atoms with Gasteiger partial charge >= 0.3 is 0 Å². The van der Waals surface area contributed by atoms with Crippen LogP contribution in [-0.2, 0) is 22.6 Å². The minimum Gasteiger partial charge on any atom is -0.342 e. The highest BCUT2D eigenvalue weighted by Crippen LogP contribution is 2.27. The Morgan fingerprint density at radius 1 is 1.14 bits per heavy atom. The van der Waals surface area contributed by atoms with E-state index in [0.717, 1.165) is 42.0 Å². The third-order valence-corrected chi connectivity index (χ3v) is 5.93. The first-order valence-corrected chi connectivity index (χ1v) is 9.97. The summed E-state index contributed by atoms with van der Waals surface area (Å²) in [7, 11) is 0. The highest BCUT2D eigenvalue weighted by molar-refractivity contribution is 5.83. The molecule has 6 heteroatoms. The van der Waals surface area contributed by atoms with E-state index in [1.807, 2.05) is 53.3 Å². The SMILES string of the molecule is CC(=O)N1CC[C@@H](c2ncc3c(n2)CCN(C(=O)[C@H](C)c2ccccc2)C3)C1. The molecule has 2 aromatic rings. The average molecular weight is 378 g/mol. The molecule has 1 aromatic carbocycles. The number of benzene rings is 1. The van der Waals surface area contributed by atoms with Gasteiger partial charge in [-0.05, 0) is 18.9 Å². The number of likely N-dealkylation sites (tertiary alicyclic amines) is 1. The molecule has 0 unspecified atom stereocenters. The van der Waals surface area contributed by atoms with Gasteiger partial charge in [-0.15, -0.1) is 0 Å². The number of aromatic nitrogens is 2. The van der Waals surface area contributed by atoms with Crippen molar-refractivity contribution >= 4 is 11.8 Å². The fourth-order valence-corrected chi connectivity index (χ4v) is 4.13. The van der Waals surface area contributed by atoms with Gasteiger partial charge in [-0.25, -0.2) is 9.97 Å². The lowest BCUT2D eigenvalue weighted by molar-refractivity contribution is -0.133. The molecule has 2 amide bonds. The summed E-state index contributed by atoms with van der Waals surface area (Å²) in [6.07, 6.45) is 3.54. The quantitative estimate of drug-likeness (QED) is 0.823. The van der Waals surface area contributed by atoms with Crippen molar-refractivity contribution in [2.24, 2.45) is 0 Å². The Hall–Kier alpha value is -2.76. The van der Waals surface area contributed by atoms with Gasteiger partial charge in [-0.3, -0.25) is 9.59 Å². The molecule has 2 atom stereocenters. The van der Waals surface area contributed by atoms with Crippen molar-refractivity contribution in [2.75, 3.05) is 19.6 Å². The summed E-state index contributed by atoms with van der Waals surface area (Å²) < 4.78 is 0. The second kappa shape index (κ2) is 7.70. The number of carbonyl (C=O) groups is 2. The predicted molar refractivity (Wildman–Crippen MR) is 106 cm³/mol. The Labute approximate surface area is 165 Å². The highest BCUT2D eigenvalue weighted by atomic mass is 16.2. The zero-order chi connectivity index (χ0) is 19.7. The van der Waals surface area contributed by atoms with Gasteiger partial charge in [0.25, 0.3) is 0 Å². The topological polar surface area (TPSA) is 66.4 Å². The summed E-state index contributed by atoms with van der Waals surface area (Å²) in [6, 6.07) is 9.91. The molecule has 6 nitrogen and oxygen atoms in total. The van der Waals surface area contributed by atoms with Crippen LogP contribution in [-0.4, -0.2) is 51.2 Å².